The Bertz CT molecular complexity index is 842. The Labute approximate surface area is 178 Å². The van der Waals surface area contributed by atoms with Crippen molar-refractivity contribution in [3.05, 3.63) is 36.0 Å². The van der Waals surface area contributed by atoms with Gasteiger partial charge in [-0.15, -0.1) is 0 Å². The number of ether oxygens (including phenoxy) is 1. The van der Waals surface area contributed by atoms with Crippen molar-refractivity contribution in [3.8, 4) is 5.88 Å². The molecule has 1 aliphatic carbocycles. The summed E-state index contributed by atoms with van der Waals surface area (Å²) in [6.07, 6.45) is 10.4. The summed E-state index contributed by atoms with van der Waals surface area (Å²) in [6.45, 7) is 6.61. The Hall–Kier alpha value is -2.64. The molecule has 1 atom stereocenters. The second-order valence-corrected chi connectivity index (χ2v) is 8.44. The molecule has 2 N–H and O–H groups in total. The Morgan fingerprint density at radius 1 is 1.23 bits per heavy atom. The highest BCUT2D eigenvalue weighted by molar-refractivity contribution is 5.80. The average molecular weight is 412 g/mol. The van der Waals surface area contributed by atoms with Gasteiger partial charge in [0.1, 0.15) is 18.3 Å². The van der Waals surface area contributed by atoms with Gasteiger partial charge in [-0.3, -0.25) is 0 Å². The minimum atomic E-state index is 0.291. The van der Waals surface area contributed by atoms with Crippen molar-refractivity contribution < 1.29 is 4.74 Å². The third-order valence-corrected chi connectivity index (χ3v) is 5.96. The quantitative estimate of drug-likeness (QED) is 0.561. The molecule has 162 valence electrons. The molecule has 0 spiro atoms. The predicted octanol–water partition coefficient (Wildman–Crippen LogP) is 2.70. The van der Waals surface area contributed by atoms with E-state index in [1.165, 1.54) is 12.8 Å². The van der Waals surface area contributed by atoms with E-state index in [2.05, 4.69) is 39.5 Å². The average Bonchev–Trinajstić information content (AvgIpc) is 3.22. The zero-order chi connectivity index (χ0) is 20.8. The molecule has 2 aliphatic rings. The van der Waals surface area contributed by atoms with Gasteiger partial charge in [0.05, 0.1) is 13.1 Å². The van der Waals surface area contributed by atoms with E-state index >= 15 is 0 Å². The molecule has 2 aromatic heterocycles. The molecule has 0 bridgehead atoms. The first-order valence-electron chi connectivity index (χ1n) is 11.2. The largest absolute Gasteiger partial charge is 0.474 e. The van der Waals surface area contributed by atoms with Crippen LogP contribution < -0.4 is 15.4 Å². The SMILES string of the molecule is CCNC(=NCc1ccnc(OC2CCC(C)CC2)c1)NC1CCc2ncnn2C1. The van der Waals surface area contributed by atoms with Crippen molar-refractivity contribution in [1.82, 2.24) is 30.4 Å². The van der Waals surface area contributed by atoms with Gasteiger partial charge >= 0.3 is 0 Å². The first kappa shape index (κ1) is 20.6. The van der Waals surface area contributed by atoms with Crippen molar-refractivity contribution in [2.75, 3.05) is 6.54 Å². The van der Waals surface area contributed by atoms with Crippen molar-refractivity contribution in [1.29, 1.82) is 0 Å². The number of hydrogen-bond acceptors (Lipinski definition) is 5. The maximum absolute atomic E-state index is 6.14. The van der Waals surface area contributed by atoms with Crippen LogP contribution in [0.15, 0.2) is 29.6 Å². The lowest BCUT2D eigenvalue weighted by Crippen LogP contribution is -2.47. The van der Waals surface area contributed by atoms with Gasteiger partial charge in [0, 0.05) is 31.3 Å². The lowest BCUT2D eigenvalue weighted by molar-refractivity contribution is 0.130. The maximum Gasteiger partial charge on any atom is 0.213 e. The van der Waals surface area contributed by atoms with Crippen LogP contribution in [0.25, 0.3) is 0 Å². The first-order valence-corrected chi connectivity index (χ1v) is 11.2. The van der Waals surface area contributed by atoms with Gasteiger partial charge in [-0.1, -0.05) is 6.92 Å². The van der Waals surface area contributed by atoms with E-state index in [1.807, 2.05) is 23.0 Å². The van der Waals surface area contributed by atoms with E-state index in [4.69, 9.17) is 9.73 Å². The molecular formula is C22H33N7O. The predicted molar refractivity (Wildman–Crippen MR) is 116 cm³/mol. The Balaban J connectivity index is 1.34. The molecule has 0 amide bonds. The molecule has 1 unspecified atom stereocenters. The smallest absolute Gasteiger partial charge is 0.213 e. The summed E-state index contributed by atoms with van der Waals surface area (Å²) in [4.78, 5) is 13.5. The molecule has 3 heterocycles. The standard InChI is InChI=1S/C22H33N7O/c1-3-23-22(28-18-6-9-20-26-15-27-29(20)14-18)25-13-17-10-11-24-21(12-17)30-19-7-4-16(2)5-8-19/h10-12,15-16,18-19H,3-9,13-14H2,1-2H3,(H2,23,25,28). The van der Waals surface area contributed by atoms with Crippen molar-refractivity contribution in [3.63, 3.8) is 0 Å². The summed E-state index contributed by atoms with van der Waals surface area (Å²) in [5.41, 5.74) is 1.10. The van der Waals surface area contributed by atoms with Gasteiger partial charge in [0.15, 0.2) is 5.96 Å². The topological polar surface area (TPSA) is 89.2 Å². The Morgan fingerprint density at radius 3 is 2.93 bits per heavy atom. The van der Waals surface area contributed by atoms with E-state index in [1.54, 1.807) is 6.33 Å². The number of rotatable bonds is 6. The minimum absolute atomic E-state index is 0.291. The van der Waals surface area contributed by atoms with Gasteiger partial charge < -0.3 is 15.4 Å². The Kier molecular flexibility index (Phi) is 6.81. The number of guanidine groups is 1. The number of aryl methyl sites for hydroxylation is 1. The van der Waals surface area contributed by atoms with E-state index in [0.717, 1.165) is 62.0 Å². The van der Waals surface area contributed by atoms with Crippen LogP contribution in [0.5, 0.6) is 5.88 Å². The third kappa shape index (κ3) is 5.49. The van der Waals surface area contributed by atoms with Crippen molar-refractivity contribution >= 4 is 5.96 Å². The van der Waals surface area contributed by atoms with Crippen LogP contribution in [-0.4, -0.2) is 44.4 Å². The van der Waals surface area contributed by atoms with Gasteiger partial charge in [0.2, 0.25) is 5.88 Å². The number of aliphatic imine (C=N–C) groups is 1. The second kappa shape index (κ2) is 9.91. The normalized spacial score (nSPS) is 24.2. The lowest BCUT2D eigenvalue weighted by atomic mass is 9.89. The van der Waals surface area contributed by atoms with Crippen LogP contribution in [0.4, 0.5) is 0 Å². The van der Waals surface area contributed by atoms with Crippen LogP contribution in [0.1, 0.15) is 57.3 Å². The van der Waals surface area contributed by atoms with E-state index in [0.29, 0.717) is 24.6 Å². The second-order valence-electron chi connectivity index (χ2n) is 8.44. The fourth-order valence-corrected chi connectivity index (χ4v) is 4.17. The number of hydrogen-bond donors (Lipinski definition) is 2. The fraction of sp³-hybridized carbons (Fsp3) is 0.636. The molecule has 4 rings (SSSR count). The van der Waals surface area contributed by atoms with Gasteiger partial charge in [-0.05, 0) is 56.6 Å². The van der Waals surface area contributed by atoms with Crippen LogP contribution in [0.3, 0.4) is 0 Å². The van der Waals surface area contributed by atoms with Gasteiger partial charge in [-0.2, -0.15) is 5.10 Å². The van der Waals surface area contributed by atoms with Crippen LogP contribution in [0, 0.1) is 5.92 Å². The minimum Gasteiger partial charge on any atom is -0.474 e. The zero-order valence-electron chi connectivity index (χ0n) is 18.0. The highest BCUT2D eigenvalue weighted by Gasteiger charge is 2.21. The van der Waals surface area contributed by atoms with Crippen LogP contribution >= 0.6 is 0 Å². The number of nitrogens with one attached hydrogen (secondary N) is 2. The summed E-state index contributed by atoms with van der Waals surface area (Å²) in [5.74, 6) is 3.42. The number of nitrogens with zero attached hydrogens (tertiary/aromatic N) is 5. The summed E-state index contributed by atoms with van der Waals surface area (Å²) in [7, 11) is 0. The molecule has 1 fully saturated rings. The molecular weight excluding hydrogens is 378 g/mol. The number of pyridine rings is 1. The van der Waals surface area contributed by atoms with E-state index in [9.17, 15) is 0 Å². The molecule has 1 saturated carbocycles. The summed E-state index contributed by atoms with van der Waals surface area (Å²) in [5, 5.41) is 11.2. The van der Waals surface area contributed by atoms with Gasteiger partial charge in [-0.25, -0.2) is 19.6 Å². The summed E-state index contributed by atoms with van der Waals surface area (Å²) < 4.78 is 8.11. The Morgan fingerprint density at radius 2 is 2.10 bits per heavy atom. The first-order chi connectivity index (χ1) is 14.7. The highest BCUT2D eigenvalue weighted by Crippen LogP contribution is 2.26. The molecule has 8 heteroatoms. The van der Waals surface area contributed by atoms with Crippen LogP contribution in [0.2, 0.25) is 0 Å². The van der Waals surface area contributed by atoms with Crippen molar-refractivity contribution in [2.45, 2.75) is 77.6 Å². The van der Waals surface area contributed by atoms with Gasteiger partial charge in [0.25, 0.3) is 0 Å². The fourth-order valence-electron chi connectivity index (χ4n) is 4.17. The highest BCUT2D eigenvalue weighted by atomic mass is 16.5. The maximum atomic E-state index is 6.14. The molecule has 1 aliphatic heterocycles. The molecule has 0 radical (unpaired) electrons. The molecule has 8 nitrogen and oxygen atoms in total. The van der Waals surface area contributed by atoms with Crippen LogP contribution in [-0.2, 0) is 19.5 Å². The van der Waals surface area contributed by atoms with E-state index < -0.39 is 0 Å². The summed E-state index contributed by atoms with van der Waals surface area (Å²) in [6, 6.07) is 4.32. The molecule has 30 heavy (non-hydrogen) atoms. The van der Waals surface area contributed by atoms with E-state index in [-0.39, 0.29) is 0 Å². The summed E-state index contributed by atoms with van der Waals surface area (Å²) >= 11 is 0. The van der Waals surface area contributed by atoms with Crippen molar-refractivity contribution in [2.24, 2.45) is 10.9 Å². The third-order valence-electron chi connectivity index (χ3n) is 5.96. The molecule has 0 saturated heterocycles. The number of aromatic nitrogens is 4. The number of fused-ring (bicyclic) bond motifs is 1. The zero-order valence-corrected chi connectivity index (χ0v) is 18.0. The molecule has 2 aromatic rings. The monoisotopic (exact) mass is 411 g/mol. The lowest BCUT2D eigenvalue weighted by Gasteiger charge is -2.26. The molecule has 0 aromatic carbocycles.